The Balaban J connectivity index is 1.82. The van der Waals surface area contributed by atoms with Gasteiger partial charge in [0.1, 0.15) is 0 Å². The second kappa shape index (κ2) is 5.81. The summed E-state index contributed by atoms with van der Waals surface area (Å²) in [6.45, 7) is 0. The number of halogens is 1. The Hall–Kier alpha value is -2.33. The third kappa shape index (κ3) is 2.83. The number of amides is 2. The first-order chi connectivity index (χ1) is 10.5. The lowest BCUT2D eigenvalue weighted by Crippen LogP contribution is -2.31. The van der Waals surface area contributed by atoms with E-state index in [0.717, 1.165) is 11.3 Å². The van der Waals surface area contributed by atoms with E-state index in [4.69, 9.17) is 11.6 Å². The van der Waals surface area contributed by atoms with Crippen molar-refractivity contribution < 1.29 is 9.59 Å². The summed E-state index contributed by atoms with van der Waals surface area (Å²) in [6, 6.07) is 12.4. The fourth-order valence-electron chi connectivity index (χ4n) is 2.57. The van der Waals surface area contributed by atoms with Crippen LogP contribution in [0.5, 0.6) is 0 Å². The van der Waals surface area contributed by atoms with Crippen molar-refractivity contribution in [1.82, 2.24) is 0 Å². The van der Waals surface area contributed by atoms with Crippen LogP contribution in [0, 0.1) is 0 Å². The molecule has 0 radical (unpaired) electrons. The van der Waals surface area contributed by atoms with Crippen molar-refractivity contribution in [1.29, 1.82) is 0 Å². The van der Waals surface area contributed by atoms with Crippen molar-refractivity contribution in [3.05, 3.63) is 58.6 Å². The van der Waals surface area contributed by atoms with Gasteiger partial charge in [-0.15, -0.1) is 0 Å². The first-order valence-electron chi connectivity index (χ1n) is 7.01. The van der Waals surface area contributed by atoms with Crippen molar-refractivity contribution in [2.24, 2.45) is 0 Å². The molecule has 1 aliphatic rings. The minimum atomic E-state index is -0.206. The fraction of sp³-hybridized carbons (Fsp3) is 0.176. The van der Waals surface area contributed by atoms with E-state index in [1.54, 1.807) is 42.3 Å². The number of carbonyl (C=O) groups is 2. The molecule has 0 aromatic heterocycles. The van der Waals surface area contributed by atoms with Crippen molar-refractivity contribution in [2.75, 3.05) is 17.3 Å². The number of hydrogen-bond acceptors (Lipinski definition) is 2. The van der Waals surface area contributed by atoms with Gasteiger partial charge in [0, 0.05) is 35.4 Å². The molecule has 1 heterocycles. The highest BCUT2D eigenvalue weighted by Crippen LogP contribution is 2.29. The summed E-state index contributed by atoms with van der Waals surface area (Å²) in [6.07, 6.45) is 1.19. The number of anilines is 2. The summed E-state index contributed by atoms with van der Waals surface area (Å²) >= 11 is 5.90. The van der Waals surface area contributed by atoms with E-state index in [-0.39, 0.29) is 11.8 Å². The number of nitrogens with one attached hydrogen (secondary N) is 1. The molecule has 2 aromatic rings. The molecule has 1 aliphatic heterocycles. The lowest BCUT2D eigenvalue weighted by Gasteiger charge is -2.26. The minimum absolute atomic E-state index is 0.114. The molecule has 0 atom stereocenters. The molecule has 4 nitrogen and oxygen atoms in total. The topological polar surface area (TPSA) is 49.4 Å². The van der Waals surface area contributed by atoms with Crippen LogP contribution >= 0.6 is 11.6 Å². The molecule has 3 rings (SSSR count). The van der Waals surface area contributed by atoms with Crippen LogP contribution in [0.4, 0.5) is 11.4 Å². The predicted molar refractivity (Wildman–Crippen MR) is 87.6 cm³/mol. The highest BCUT2D eigenvalue weighted by atomic mass is 35.5. The van der Waals surface area contributed by atoms with Gasteiger partial charge in [-0.3, -0.25) is 9.59 Å². The minimum Gasteiger partial charge on any atom is -0.322 e. The summed E-state index contributed by atoms with van der Waals surface area (Å²) in [5.74, 6) is -0.0918. The zero-order chi connectivity index (χ0) is 15.7. The van der Waals surface area contributed by atoms with E-state index in [9.17, 15) is 9.59 Å². The fourth-order valence-corrected chi connectivity index (χ4v) is 2.76. The molecule has 0 unspecified atom stereocenters. The van der Waals surface area contributed by atoms with Gasteiger partial charge in [0.25, 0.3) is 5.91 Å². The molecule has 0 fully saturated rings. The maximum absolute atomic E-state index is 12.2. The van der Waals surface area contributed by atoms with Crippen LogP contribution in [0.2, 0.25) is 5.02 Å². The Labute approximate surface area is 133 Å². The Morgan fingerprint density at radius 3 is 2.77 bits per heavy atom. The van der Waals surface area contributed by atoms with E-state index in [1.165, 1.54) is 0 Å². The van der Waals surface area contributed by atoms with Crippen LogP contribution in [0.3, 0.4) is 0 Å². The van der Waals surface area contributed by atoms with E-state index >= 15 is 0 Å². The highest BCUT2D eigenvalue weighted by molar-refractivity contribution is 6.31. The first kappa shape index (κ1) is 14.6. The molecular weight excluding hydrogens is 300 g/mol. The number of hydrogen-bond donors (Lipinski definition) is 1. The molecule has 22 heavy (non-hydrogen) atoms. The third-order valence-corrected chi connectivity index (χ3v) is 4.00. The molecule has 0 spiro atoms. The summed E-state index contributed by atoms with van der Waals surface area (Å²) < 4.78 is 0. The van der Waals surface area contributed by atoms with Crippen LogP contribution in [0.1, 0.15) is 22.3 Å². The Kier molecular flexibility index (Phi) is 3.86. The maximum atomic E-state index is 12.2. The van der Waals surface area contributed by atoms with Gasteiger partial charge in [0.05, 0.1) is 0 Å². The largest absolute Gasteiger partial charge is 0.322 e. The summed E-state index contributed by atoms with van der Waals surface area (Å²) in [4.78, 5) is 25.6. The zero-order valence-electron chi connectivity index (χ0n) is 12.1. The van der Waals surface area contributed by atoms with Crippen molar-refractivity contribution in [3.63, 3.8) is 0 Å². The molecule has 2 amide bonds. The molecule has 0 bridgehead atoms. The van der Waals surface area contributed by atoms with Gasteiger partial charge in [-0.2, -0.15) is 0 Å². The van der Waals surface area contributed by atoms with E-state index in [1.807, 2.05) is 12.1 Å². The predicted octanol–water partition coefficient (Wildman–Crippen LogP) is 3.50. The summed E-state index contributed by atoms with van der Waals surface area (Å²) in [5, 5.41) is 3.39. The van der Waals surface area contributed by atoms with Crippen LogP contribution < -0.4 is 10.2 Å². The standard InChI is InChI=1S/C17H15ClN2O2/c1-20-15-7-6-14(10-11(15)5-8-16(20)21)19-17(22)12-3-2-4-13(18)9-12/h2-4,6-7,9-10H,5,8H2,1H3,(H,19,22). The van der Waals surface area contributed by atoms with Crippen molar-refractivity contribution in [2.45, 2.75) is 12.8 Å². The molecule has 0 aliphatic carbocycles. The second-order valence-electron chi connectivity index (χ2n) is 5.26. The third-order valence-electron chi connectivity index (χ3n) is 3.77. The molecule has 5 heteroatoms. The first-order valence-corrected chi connectivity index (χ1v) is 7.39. The number of carbonyl (C=O) groups excluding carboxylic acids is 2. The molecule has 112 valence electrons. The van der Waals surface area contributed by atoms with Crippen molar-refractivity contribution >= 4 is 34.8 Å². The molecule has 0 saturated heterocycles. The average molecular weight is 315 g/mol. The SMILES string of the molecule is CN1C(=O)CCc2cc(NC(=O)c3cccc(Cl)c3)ccc21. The van der Waals surface area contributed by atoms with Gasteiger partial charge in [0.2, 0.25) is 5.91 Å². The van der Waals surface area contributed by atoms with Crippen LogP contribution in [0.25, 0.3) is 0 Å². The van der Waals surface area contributed by atoms with E-state index < -0.39 is 0 Å². The number of fused-ring (bicyclic) bond motifs is 1. The van der Waals surface area contributed by atoms with Gasteiger partial charge in [-0.25, -0.2) is 0 Å². The summed E-state index contributed by atoms with van der Waals surface area (Å²) in [7, 11) is 1.77. The van der Waals surface area contributed by atoms with E-state index in [0.29, 0.717) is 29.1 Å². The summed E-state index contributed by atoms with van der Waals surface area (Å²) in [5.41, 5.74) is 3.19. The Morgan fingerprint density at radius 2 is 2.00 bits per heavy atom. The van der Waals surface area contributed by atoms with Gasteiger partial charge in [-0.1, -0.05) is 17.7 Å². The second-order valence-corrected chi connectivity index (χ2v) is 5.70. The maximum Gasteiger partial charge on any atom is 0.255 e. The monoisotopic (exact) mass is 314 g/mol. The van der Waals surface area contributed by atoms with Crippen LogP contribution in [-0.2, 0) is 11.2 Å². The lowest BCUT2D eigenvalue weighted by atomic mass is 10.0. The number of nitrogens with zero attached hydrogens (tertiary/aromatic N) is 1. The smallest absolute Gasteiger partial charge is 0.255 e. The zero-order valence-corrected chi connectivity index (χ0v) is 12.9. The molecule has 2 aromatic carbocycles. The highest BCUT2D eigenvalue weighted by Gasteiger charge is 2.21. The lowest BCUT2D eigenvalue weighted by molar-refractivity contribution is -0.118. The van der Waals surface area contributed by atoms with Gasteiger partial charge >= 0.3 is 0 Å². The number of benzene rings is 2. The Morgan fingerprint density at radius 1 is 1.18 bits per heavy atom. The molecule has 0 saturated carbocycles. The van der Waals surface area contributed by atoms with E-state index in [2.05, 4.69) is 5.32 Å². The van der Waals surface area contributed by atoms with Gasteiger partial charge < -0.3 is 10.2 Å². The van der Waals surface area contributed by atoms with Crippen LogP contribution in [0.15, 0.2) is 42.5 Å². The van der Waals surface area contributed by atoms with Crippen LogP contribution in [-0.4, -0.2) is 18.9 Å². The molecule has 1 N–H and O–H groups in total. The number of aryl methyl sites for hydroxylation is 1. The average Bonchev–Trinajstić information content (AvgIpc) is 2.51. The molecular formula is C17H15ClN2O2. The quantitative estimate of drug-likeness (QED) is 0.922. The van der Waals surface area contributed by atoms with Gasteiger partial charge in [-0.05, 0) is 48.4 Å². The normalized spacial score (nSPS) is 13.7. The Bertz CT molecular complexity index is 758. The van der Waals surface area contributed by atoms with Crippen molar-refractivity contribution in [3.8, 4) is 0 Å². The van der Waals surface area contributed by atoms with Gasteiger partial charge in [0.15, 0.2) is 0 Å². The number of rotatable bonds is 2.